The van der Waals surface area contributed by atoms with E-state index in [0.717, 1.165) is 31.0 Å². The zero-order valence-corrected chi connectivity index (χ0v) is 10.9. The molecular weight excluding hydrogens is 200 g/mol. The molecule has 3 nitrogen and oxygen atoms in total. The number of likely N-dealkylation sites (N-methyl/N-ethyl adjacent to an activating group) is 1. The molecule has 0 saturated carbocycles. The highest BCUT2D eigenvalue weighted by Gasteiger charge is 2.10. The molecular formula is C13H24N2O. The van der Waals surface area contributed by atoms with E-state index in [1.54, 1.807) is 0 Å². The molecule has 1 aromatic rings. The van der Waals surface area contributed by atoms with Crippen molar-refractivity contribution >= 4 is 0 Å². The minimum absolute atomic E-state index is 0.251. The second kappa shape index (κ2) is 6.06. The summed E-state index contributed by atoms with van der Waals surface area (Å²) < 4.78 is 5.53. The van der Waals surface area contributed by atoms with Crippen LogP contribution in [0.1, 0.15) is 31.8 Å². The Bertz CT molecular complexity index is 307. The van der Waals surface area contributed by atoms with E-state index in [0.29, 0.717) is 5.92 Å². The van der Waals surface area contributed by atoms with Crippen LogP contribution in [0, 0.1) is 12.8 Å². The van der Waals surface area contributed by atoms with Gasteiger partial charge in [0, 0.05) is 12.6 Å². The van der Waals surface area contributed by atoms with Gasteiger partial charge in [0.25, 0.3) is 0 Å². The van der Waals surface area contributed by atoms with Gasteiger partial charge >= 0.3 is 0 Å². The minimum Gasteiger partial charge on any atom is -0.465 e. The van der Waals surface area contributed by atoms with Crippen molar-refractivity contribution in [3.05, 3.63) is 23.7 Å². The standard InChI is InChI=1S/C13H24N2O/c1-10(2)7-12(14)8-15(4)9-13-6-5-11(3)16-13/h5-6,10,12H,7-9,14H2,1-4H3. The van der Waals surface area contributed by atoms with Crippen molar-refractivity contribution in [2.45, 2.75) is 39.8 Å². The summed E-state index contributed by atoms with van der Waals surface area (Å²) in [5, 5.41) is 0. The zero-order valence-electron chi connectivity index (χ0n) is 10.9. The fraction of sp³-hybridized carbons (Fsp3) is 0.692. The Labute approximate surface area is 98.6 Å². The van der Waals surface area contributed by atoms with Crippen LogP contribution in [-0.4, -0.2) is 24.5 Å². The Kier molecular flexibility index (Phi) is 5.03. The van der Waals surface area contributed by atoms with Crippen LogP contribution in [0.3, 0.4) is 0 Å². The molecule has 92 valence electrons. The number of nitrogens with zero attached hydrogens (tertiary/aromatic N) is 1. The van der Waals surface area contributed by atoms with Crippen LogP contribution in [0.4, 0.5) is 0 Å². The average molecular weight is 224 g/mol. The Balaban J connectivity index is 2.32. The molecule has 16 heavy (non-hydrogen) atoms. The van der Waals surface area contributed by atoms with Gasteiger partial charge in [0.1, 0.15) is 11.5 Å². The van der Waals surface area contributed by atoms with Crippen molar-refractivity contribution in [3.63, 3.8) is 0 Å². The molecule has 0 radical (unpaired) electrons. The summed E-state index contributed by atoms with van der Waals surface area (Å²) in [5.74, 6) is 2.64. The predicted octanol–water partition coefficient (Wildman–Crippen LogP) is 2.39. The van der Waals surface area contributed by atoms with Crippen LogP contribution in [0.2, 0.25) is 0 Å². The van der Waals surface area contributed by atoms with Crippen LogP contribution >= 0.6 is 0 Å². The largest absolute Gasteiger partial charge is 0.465 e. The molecule has 0 aliphatic heterocycles. The van der Waals surface area contributed by atoms with Crippen LogP contribution in [0.5, 0.6) is 0 Å². The van der Waals surface area contributed by atoms with E-state index in [1.807, 2.05) is 19.1 Å². The second-order valence-electron chi connectivity index (χ2n) is 5.10. The first kappa shape index (κ1) is 13.3. The fourth-order valence-electron chi connectivity index (χ4n) is 1.98. The van der Waals surface area contributed by atoms with Gasteiger partial charge in [-0.05, 0) is 38.4 Å². The van der Waals surface area contributed by atoms with Gasteiger partial charge in [-0.2, -0.15) is 0 Å². The van der Waals surface area contributed by atoms with Crippen molar-refractivity contribution in [1.82, 2.24) is 4.90 Å². The van der Waals surface area contributed by atoms with E-state index in [2.05, 4.69) is 25.8 Å². The summed E-state index contributed by atoms with van der Waals surface area (Å²) in [7, 11) is 2.08. The topological polar surface area (TPSA) is 42.4 Å². The van der Waals surface area contributed by atoms with E-state index in [9.17, 15) is 0 Å². The van der Waals surface area contributed by atoms with E-state index in [-0.39, 0.29) is 6.04 Å². The third kappa shape index (κ3) is 4.81. The molecule has 0 aromatic carbocycles. The average Bonchev–Trinajstić information content (AvgIpc) is 2.48. The third-order valence-corrected chi connectivity index (χ3v) is 2.54. The summed E-state index contributed by atoms with van der Waals surface area (Å²) in [6.07, 6.45) is 1.07. The smallest absolute Gasteiger partial charge is 0.118 e. The highest BCUT2D eigenvalue weighted by atomic mass is 16.3. The van der Waals surface area contributed by atoms with Crippen LogP contribution in [0.15, 0.2) is 16.5 Å². The number of hydrogen-bond donors (Lipinski definition) is 1. The van der Waals surface area contributed by atoms with Crippen molar-refractivity contribution in [3.8, 4) is 0 Å². The number of furan rings is 1. The first-order valence-corrected chi connectivity index (χ1v) is 5.96. The maximum absolute atomic E-state index is 6.06. The molecule has 0 amide bonds. The number of hydrogen-bond acceptors (Lipinski definition) is 3. The van der Waals surface area contributed by atoms with Crippen LogP contribution in [-0.2, 0) is 6.54 Å². The second-order valence-corrected chi connectivity index (χ2v) is 5.10. The molecule has 3 heteroatoms. The van der Waals surface area contributed by atoms with Gasteiger partial charge in [-0.3, -0.25) is 4.90 Å². The van der Waals surface area contributed by atoms with Gasteiger partial charge in [-0.1, -0.05) is 13.8 Å². The first-order chi connectivity index (χ1) is 7.47. The number of aryl methyl sites for hydroxylation is 1. The van der Waals surface area contributed by atoms with Crippen molar-refractivity contribution in [2.75, 3.05) is 13.6 Å². The molecule has 1 rings (SSSR count). The van der Waals surface area contributed by atoms with Crippen LogP contribution in [0.25, 0.3) is 0 Å². The van der Waals surface area contributed by atoms with Crippen molar-refractivity contribution in [2.24, 2.45) is 11.7 Å². The lowest BCUT2D eigenvalue weighted by Crippen LogP contribution is -2.35. The first-order valence-electron chi connectivity index (χ1n) is 5.96. The minimum atomic E-state index is 0.251. The molecule has 1 atom stereocenters. The molecule has 0 aliphatic rings. The highest BCUT2D eigenvalue weighted by Crippen LogP contribution is 2.10. The number of rotatable bonds is 6. The maximum Gasteiger partial charge on any atom is 0.118 e. The highest BCUT2D eigenvalue weighted by molar-refractivity contribution is 5.05. The molecule has 1 aromatic heterocycles. The van der Waals surface area contributed by atoms with Crippen molar-refractivity contribution in [1.29, 1.82) is 0 Å². The van der Waals surface area contributed by atoms with Gasteiger partial charge in [-0.15, -0.1) is 0 Å². The monoisotopic (exact) mass is 224 g/mol. The molecule has 0 bridgehead atoms. The molecule has 0 fully saturated rings. The van der Waals surface area contributed by atoms with E-state index in [1.165, 1.54) is 0 Å². The number of nitrogens with two attached hydrogens (primary N) is 1. The van der Waals surface area contributed by atoms with Gasteiger partial charge in [-0.25, -0.2) is 0 Å². The molecule has 0 aliphatic carbocycles. The molecule has 2 N–H and O–H groups in total. The SMILES string of the molecule is Cc1ccc(CN(C)CC(N)CC(C)C)o1. The Morgan fingerprint density at radius 1 is 1.38 bits per heavy atom. The van der Waals surface area contributed by atoms with Gasteiger partial charge in [0.05, 0.1) is 6.54 Å². The molecule has 0 spiro atoms. The quantitative estimate of drug-likeness (QED) is 0.806. The summed E-state index contributed by atoms with van der Waals surface area (Å²) in [6.45, 7) is 8.12. The summed E-state index contributed by atoms with van der Waals surface area (Å²) >= 11 is 0. The van der Waals surface area contributed by atoms with E-state index >= 15 is 0 Å². The van der Waals surface area contributed by atoms with Crippen molar-refractivity contribution < 1.29 is 4.42 Å². The van der Waals surface area contributed by atoms with Gasteiger partial charge in [0.15, 0.2) is 0 Å². The summed E-state index contributed by atoms with van der Waals surface area (Å²) in [5.41, 5.74) is 6.06. The van der Waals surface area contributed by atoms with Gasteiger partial charge in [0.2, 0.25) is 0 Å². The third-order valence-electron chi connectivity index (χ3n) is 2.54. The van der Waals surface area contributed by atoms with Gasteiger partial charge < -0.3 is 10.2 Å². The maximum atomic E-state index is 6.06. The predicted molar refractivity (Wildman–Crippen MR) is 67.2 cm³/mol. The Morgan fingerprint density at radius 3 is 2.56 bits per heavy atom. The lowest BCUT2D eigenvalue weighted by Gasteiger charge is -2.21. The summed E-state index contributed by atoms with van der Waals surface area (Å²) in [6, 6.07) is 4.28. The van der Waals surface area contributed by atoms with E-state index < -0.39 is 0 Å². The molecule has 1 unspecified atom stereocenters. The lowest BCUT2D eigenvalue weighted by molar-refractivity contribution is 0.263. The van der Waals surface area contributed by atoms with Crippen LogP contribution < -0.4 is 5.73 Å². The Hall–Kier alpha value is -0.800. The molecule has 1 heterocycles. The Morgan fingerprint density at radius 2 is 2.06 bits per heavy atom. The fourth-order valence-corrected chi connectivity index (χ4v) is 1.98. The zero-order chi connectivity index (χ0) is 12.1. The summed E-state index contributed by atoms with van der Waals surface area (Å²) in [4.78, 5) is 2.21. The lowest BCUT2D eigenvalue weighted by atomic mass is 10.0. The van der Waals surface area contributed by atoms with E-state index in [4.69, 9.17) is 10.2 Å². The normalized spacial score (nSPS) is 13.7. The molecule has 0 saturated heterocycles.